The largest absolute Gasteiger partial charge is 0.379 e. The molecule has 0 bridgehead atoms. The Morgan fingerprint density at radius 3 is 2.77 bits per heavy atom. The number of ether oxygens (including phenoxy) is 1. The maximum atomic E-state index is 12.9. The smallest absolute Gasteiger partial charge is 0.263 e. The van der Waals surface area contributed by atoms with Crippen LogP contribution in [0.4, 0.5) is 0 Å². The summed E-state index contributed by atoms with van der Waals surface area (Å²) in [4.78, 5) is 29.8. The average molecular weight is 391 g/mol. The van der Waals surface area contributed by atoms with Gasteiger partial charge in [-0.1, -0.05) is 0 Å². The molecule has 7 heteroatoms. The Kier molecular flexibility index (Phi) is 3.88. The first kappa shape index (κ1) is 16.7. The first-order valence-corrected chi connectivity index (χ1v) is 10.9. The zero-order valence-corrected chi connectivity index (χ0v) is 16.4. The predicted octanol–water partition coefficient (Wildman–Crippen LogP) is 3.06. The molecule has 2 amide bonds. The maximum Gasteiger partial charge on any atom is 0.263 e. The van der Waals surface area contributed by atoms with Crippen molar-refractivity contribution >= 4 is 43.9 Å². The van der Waals surface area contributed by atoms with E-state index in [4.69, 9.17) is 4.74 Å². The standard InChI is InChI=1S/C19H22N2O3S2/c1-12(22)21-11-19(13-9-24-10-14(13)21)3-5-20(6-4-19)18(23)17-8-16-15(26-17)2-7-25-16/h2,7-8,13-14H,3-6,9-11H2,1H3/t13-,14+/m0/s1. The molecular formula is C19H22N2O3S2. The summed E-state index contributed by atoms with van der Waals surface area (Å²) in [7, 11) is 0. The number of amides is 2. The van der Waals surface area contributed by atoms with Gasteiger partial charge in [0.25, 0.3) is 5.91 Å². The van der Waals surface area contributed by atoms with Gasteiger partial charge in [0.2, 0.25) is 5.91 Å². The summed E-state index contributed by atoms with van der Waals surface area (Å²) in [6, 6.07) is 4.35. The Labute approximate surface area is 160 Å². The fourth-order valence-electron chi connectivity index (χ4n) is 5.06. The fourth-order valence-corrected chi connectivity index (χ4v) is 7.14. The molecule has 0 radical (unpaired) electrons. The molecule has 0 aliphatic carbocycles. The van der Waals surface area contributed by atoms with Crippen LogP contribution in [0.2, 0.25) is 0 Å². The van der Waals surface area contributed by atoms with Crippen molar-refractivity contribution in [2.45, 2.75) is 25.8 Å². The molecule has 138 valence electrons. The number of nitrogens with zero attached hydrogens (tertiary/aromatic N) is 2. The number of carbonyl (C=O) groups is 2. The van der Waals surface area contributed by atoms with E-state index < -0.39 is 0 Å². The molecule has 3 saturated heterocycles. The average Bonchev–Trinajstić information content (AvgIpc) is 3.36. The number of piperidine rings is 1. The highest BCUT2D eigenvalue weighted by molar-refractivity contribution is 7.27. The molecule has 0 aromatic carbocycles. The van der Waals surface area contributed by atoms with E-state index in [0.717, 1.165) is 44.0 Å². The van der Waals surface area contributed by atoms with Crippen LogP contribution in [0.15, 0.2) is 17.5 Å². The molecule has 0 saturated carbocycles. The normalized spacial score (nSPS) is 27.4. The summed E-state index contributed by atoms with van der Waals surface area (Å²) in [6.07, 6.45) is 1.93. The Bertz CT molecular complexity index is 837. The monoisotopic (exact) mass is 390 g/mol. The molecule has 2 aromatic rings. The predicted molar refractivity (Wildman–Crippen MR) is 103 cm³/mol. The van der Waals surface area contributed by atoms with Gasteiger partial charge in [-0.2, -0.15) is 0 Å². The second kappa shape index (κ2) is 6.04. The summed E-state index contributed by atoms with van der Waals surface area (Å²) in [5.74, 6) is 0.740. The van der Waals surface area contributed by atoms with Gasteiger partial charge in [0.15, 0.2) is 0 Å². The van der Waals surface area contributed by atoms with E-state index in [9.17, 15) is 9.59 Å². The molecular weight excluding hydrogens is 368 g/mol. The van der Waals surface area contributed by atoms with E-state index in [2.05, 4.69) is 11.4 Å². The molecule has 3 aliphatic heterocycles. The second-order valence-corrected chi connectivity index (χ2v) is 9.80. The van der Waals surface area contributed by atoms with Crippen molar-refractivity contribution in [2.24, 2.45) is 11.3 Å². The van der Waals surface area contributed by atoms with E-state index in [1.807, 2.05) is 15.9 Å². The number of rotatable bonds is 1. The maximum absolute atomic E-state index is 12.9. The van der Waals surface area contributed by atoms with Crippen LogP contribution in [-0.4, -0.2) is 60.5 Å². The third-order valence-corrected chi connectivity index (χ3v) is 8.61. The molecule has 5 rings (SSSR count). The van der Waals surface area contributed by atoms with E-state index in [0.29, 0.717) is 12.5 Å². The minimum atomic E-state index is 0.124. The number of carbonyl (C=O) groups excluding carboxylic acids is 2. The lowest BCUT2D eigenvalue weighted by molar-refractivity contribution is -0.130. The van der Waals surface area contributed by atoms with Crippen molar-refractivity contribution in [2.75, 3.05) is 32.8 Å². The van der Waals surface area contributed by atoms with Crippen LogP contribution >= 0.6 is 22.7 Å². The van der Waals surface area contributed by atoms with E-state index >= 15 is 0 Å². The van der Waals surface area contributed by atoms with Gasteiger partial charge in [0.05, 0.1) is 24.1 Å². The van der Waals surface area contributed by atoms with Crippen molar-refractivity contribution in [3.63, 3.8) is 0 Å². The third kappa shape index (κ3) is 2.44. The Hall–Kier alpha value is -1.44. The lowest BCUT2D eigenvalue weighted by atomic mass is 9.70. The highest BCUT2D eigenvalue weighted by Gasteiger charge is 2.56. The van der Waals surface area contributed by atoms with E-state index in [-0.39, 0.29) is 23.3 Å². The Morgan fingerprint density at radius 1 is 1.23 bits per heavy atom. The number of hydrogen-bond acceptors (Lipinski definition) is 5. The van der Waals surface area contributed by atoms with Crippen LogP contribution in [0.5, 0.6) is 0 Å². The summed E-state index contributed by atoms with van der Waals surface area (Å²) >= 11 is 3.28. The summed E-state index contributed by atoms with van der Waals surface area (Å²) in [5.41, 5.74) is 0.124. The lowest BCUT2D eigenvalue weighted by Gasteiger charge is -2.41. The Balaban J connectivity index is 1.32. The molecule has 3 aliphatic rings. The molecule has 0 unspecified atom stereocenters. The van der Waals surface area contributed by atoms with Gasteiger partial charge in [-0.05, 0) is 35.8 Å². The van der Waals surface area contributed by atoms with Gasteiger partial charge in [-0.3, -0.25) is 9.59 Å². The number of fused-ring (bicyclic) bond motifs is 3. The molecule has 1 spiro atoms. The van der Waals surface area contributed by atoms with Crippen LogP contribution in [-0.2, 0) is 9.53 Å². The van der Waals surface area contributed by atoms with Crippen LogP contribution in [0, 0.1) is 11.3 Å². The quantitative estimate of drug-likeness (QED) is 0.752. The van der Waals surface area contributed by atoms with Crippen LogP contribution in [0.25, 0.3) is 9.40 Å². The van der Waals surface area contributed by atoms with Gasteiger partial charge >= 0.3 is 0 Å². The highest BCUT2D eigenvalue weighted by Crippen LogP contribution is 2.50. The summed E-state index contributed by atoms with van der Waals surface area (Å²) in [6.45, 7) is 5.47. The number of thiophene rings is 2. The fraction of sp³-hybridized carbons (Fsp3) is 0.579. The zero-order chi connectivity index (χ0) is 17.9. The van der Waals surface area contributed by atoms with Gasteiger partial charge in [-0.15, -0.1) is 22.7 Å². The highest BCUT2D eigenvalue weighted by atomic mass is 32.1. The van der Waals surface area contributed by atoms with Gasteiger partial charge in [-0.25, -0.2) is 0 Å². The first-order chi connectivity index (χ1) is 12.6. The molecule has 2 atom stereocenters. The number of hydrogen-bond donors (Lipinski definition) is 0. The topological polar surface area (TPSA) is 49.9 Å². The van der Waals surface area contributed by atoms with Gasteiger partial charge < -0.3 is 14.5 Å². The van der Waals surface area contributed by atoms with E-state index in [1.165, 1.54) is 9.40 Å². The van der Waals surface area contributed by atoms with Crippen molar-refractivity contribution in [1.82, 2.24) is 9.80 Å². The third-order valence-electron chi connectivity index (χ3n) is 6.52. The van der Waals surface area contributed by atoms with Crippen molar-refractivity contribution in [3.05, 3.63) is 22.4 Å². The summed E-state index contributed by atoms with van der Waals surface area (Å²) in [5, 5.41) is 2.07. The van der Waals surface area contributed by atoms with Crippen LogP contribution in [0.3, 0.4) is 0 Å². The molecule has 3 fully saturated rings. The Morgan fingerprint density at radius 2 is 2.04 bits per heavy atom. The first-order valence-electron chi connectivity index (χ1n) is 9.19. The minimum Gasteiger partial charge on any atom is -0.379 e. The van der Waals surface area contributed by atoms with Gasteiger partial charge in [0, 0.05) is 41.9 Å². The molecule has 5 heterocycles. The lowest BCUT2D eigenvalue weighted by Crippen LogP contribution is -2.47. The molecule has 26 heavy (non-hydrogen) atoms. The van der Waals surface area contributed by atoms with E-state index in [1.54, 1.807) is 29.6 Å². The molecule has 0 N–H and O–H groups in total. The van der Waals surface area contributed by atoms with Crippen LogP contribution in [0.1, 0.15) is 29.4 Å². The number of likely N-dealkylation sites (tertiary alicyclic amines) is 2. The van der Waals surface area contributed by atoms with Crippen molar-refractivity contribution < 1.29 is 14.3 Å². The summed E-state index contributed by atoms with van der Waals surface area (Å²) < 4.78 is 8.12. The van der Waals surface area contributed by atoms with Gasteiger partial charge in [0.1, 0.15) is 0 Å². The van der Waals surface area contributed by atoms with Crippen molar-refractivity contribution in [3.8, 4) is 0 Å². The van der Waals surface area contributed by atoms with Crippen LogP contribution < -0.4 is 0 Å². The zero-order valence-electron chi connectivity index (χ0n) is 14.8. The second-order valence-electron chi connectivity index (χ2n) is 7.77. The molecule has 2 aromatic heterocycles. The minimum absolute atomic E-state index is 0.124. The SMILES string of the molecule is CC(=O)N1CC2(CCN(C(=O)c3cc4sccc4s3)CC2)[C@H]2COC[C@H]21. The molecule has 5 nitrogen and oxygen atoms in total. The van der Waals surface area contributed by atoms with Crippen molar-refractivity contribution in [1.29, 1.82) is 0 Å².